The number of nitrogens with one attached hydrogen (secondary N) is 2. The Labute approximate surface area is 89.7 Å². The third-order valence-electron chi connectivity index (χ3n) is 2.85. The van der Waals surface area contributed by atoms with E-state index in [1.807, 2.05) is 12.1 Å². The van der Waals surface area contributed by atoms with E-state index in [2.05, 4.69) is 30.5 Å². The summed E-state index contributed by atoms with van der Waals surface area (Å²) in [7, 11) is 0. The molecular weight excluding hydrogens is 196 g/mol. The Hall–Kier alpha value is -0.890. The van der Waals surface area contributed by atoms with Gasteiger partial charge in [-0.15, -0.1) is 0 Å². The summed E-state index contributed by atoms with van der Waals surface area (Å²) in [5.74, 6) is 0.596. The quantitative estimate of drug-likeness (QED) is 0.687. The van der Waals surface area contributed by atoms with Gasteiger partial charge in [0.15, 0.2) is 0 Å². The van der Waals surface area contributed by atoms with Crippen LogP contribution in [0.15, 0.2) is 18.2 Å². The van der Waals surface area contributed by atoms with Gasteiger partial charge >= 0.3 is 0 Å². The molecule has 2 nitrogen and oxygen atoms in total. The smallest absolute Gasteiger partial charge is 0.0765 e. The molecule has 1 aliphatic rings. The number of rotatable bonds is 0. The summed E-state index contributed by atoms with van der Waals surface area (Å²) in [6, 6.07) is 6.42. The SMILES string of the molecule is CC1CNc2c(Cl)cccc2NC1C. The zero-order valence-corrected chi connectivity index (χ0v) is 9.23. The van der Waals surface area contributed by atoms with Gasteiger partial charge in [-0.3, -0.25) is 0 Å². The van der Waals surface area contributed by atoms with Crippen molar-refractivity contribution in [3.05, 3.63) is 23.2 Å². The summed E-state index contributed by atoms with van der Waals surface area (Å²) in [5, 5.41) is 7.63. The van der Waals surface area contributed by atoms with Gasteiger partial charge in [0.1, 0.15) is 0 Å². The number of hydrogen-bond donors (Lipinski definition) is 2. The standard InChI is InChI=1S/C11H15ClN2/c1-7-6-13-11-9(12)4-3-5-10(11)14-8(7)2/h3-5,7-8,13-14H,6H2,1-2H3. The van der Waals surface area contributed by atoms with Crippen LogP contribution in [0.4, 0.5) is 11.4 Å². The molecule has 1 aliphatic heterocycles. The van der Waals surface area contributed by atoms with Crippen molar-refractivity contribution < 1.29 is 0 Å². The molecule has 0 aromatic heterocycles. The minimum Gasteiger partial charge on any atom is -0.382 e. The fourth-order valence-corrected chi connectivity index (χ4v) is 1.89. The van der Waals surface area contributed by atoms with E-state index >= 15 is 0 Å². The van der Waals surface area contributed by atoms with Gasteiger partial charge in [-0.25, -0.2) is 0 Å². The summed E-state index contributed by atoms with van der Waals surface area (Å²) < 4.78 is 0. The van der Waals surface area contributed by atoms with Crippen molar-refractivity contribution in [1.29, 1.82) is 0 Å². The summed E-state index contributed by atoms with van der Waals surface area (Å²) in [5.41, 5.74) is 2.14. The molecule has 3 heteroatoms. The molecular formula is C11H15ClN2. The molecule has 0 saturated heterocycles. The van der Waals surface area contributed by atoms with E-state index in [9.17, 15) is 0 Å². The van der Waals surface area contributed by atoms with Crippen LogP contribution in [0.25, 0.3) is 0 Å². The molecule has 0 aliphatic carbocycles. The normalized spacial score (nSPS) is 25.6. The third kappa shape index (κ3) is 1.67. The predicted octanol–water partition coefficient (Wildman–Crippen LogP) is 3.20. The first-order chi connectivity index (χ1) is 6.68. The van der Waals surface area contributed by atoms with Crippen LogP contribution in [0, 0.1) is 5.92 Å². The van der Waals surface area contributed by atoms with E-state index in [0.717, 1.165) is 22.9 Å². The van der Waals surface area contributed by atoms with Crippen LogP contribution in [-0.2, 0) is 0 Å². The lowest BCUT2D eigenvalue weighted by molar-refractivity contribution is 0.542. The van der Waals surface area contributed by atoms with E-state index in [0.29, 0.717) is 12.0 Å². The molecule has 2 atom stereocenters. The van der Waals surface area contributed by atoms with Crippen molar-refractivity contribution in [1.82, 2.24) is 0 Å². The van der Waals surface area contributed by atoms with E-state index in [-0.39, 0.29) is 0 Å². The molecule has 1 aromatic carbocycles. The first-order valence-electron chi connectivity index (χ1n) is 4.97. The van der Waals surface area contributed by atoms with Crippen LogP contribution >= 0.6 is 11.6 Å². The molecule has 2 unspecified atom stereocenters. The summed E-state index contributed by atoms with van der Waals surface area (Å²) in [4.78, 5) is 0. The highest BCUT2D eigenvalue weighted by molar-refractivity contribution is 6.34. The number of benzene rings is 1. The number of anilines is 2. The first kappa shape index (κ1) is 9.66. The van der Waals surface area contributed by atoms with Crippen LogP contribution in [0.3, 0.4) is 0 Å². The predicted molar refractivity (Wildman–Crippen MR) is 62.2 cm³/mol. The Bertz CT molecular complexity index is 338. The van der Waals surface area contributed by atoms with Crippen LogP contribution in [0.1, 0.15) is 13.8 Å². The lowest BCUT2D eigenvalue weighted by Gasteiger charge is -2.17. The summed E-state index contributed by atoms with van der Waals surface area (Å²) >= 11 is 6.11. The largest absolute Gasteiger partial charge is 0.382 e. The highest BCUT2D eigenvalue weighted by atomic mass is 35.5. The van der Waals surface area contributed by atoms with Gasteiger partial charge < -0.3 is 10.6 Å². The maximum atomic E-state index is 6.11. The Balaban J connectivity index is 2.37. The molecule has 14 heavy (non-hydrogen) atoms. The second-order valence-electron chi connectivity index (χ2n) is 3.95. The van der Waals surface area contributed by atoms with Gasteiger partial charge in [0.05, 0.1) is 16.4 Å². The van der Waals surface area contributed by atoms with E-state index in [4.69, 9.17) is 11.6 Å². The molecule has 0 spiro atoms. The second kappa shape index (κ2) is 3.70. The molecule has 1 heterocycles. The maximum Gasteiger partial charge on any atom is 0.0765 e. The molecule has 0 amide bonds. The Morgan fingerprint density at radius 2 is 2.14 bits per heavy atom. The van der Waals surface area contributed by atoms with Crippen LogP contribution < -0.4 is 10.6 Å². The zero-order chi connectivity index (χ0) is 10.1. The molecule has 0 saturated carbocycles. The molecule has 0 radical (unpaired) electrons. The van der Waals surface area contributed by atoms with E-state index < -0.39 is 0 Å². The van der Waals surface area contributed by atoms with Gasteiger partial charge in [-0.1, -0.05) is 24.6 Å². The molecule has 76 valence electrons. The summed E-state index contributed by atoms with van der Waals surface area (Å²) in [6.45, 7) is 5.39. The van der Waals surface area contributed by atoms with Crippen LogP contribution in [0.2, 0.25) is 5.02 Å². The number of hydrogen-bond acceptors (Lipinski definition) is 2. The van der Waals surface area contributed by atoms with Crippen molar-refractivity contribution in [3.63, 3.8) is 0 Å². The van der Waals surface area contributed by atoms with E-state index in [1.165, 1.54) is 0 Å². The van der Waals surface area contributed by atoms with Crippen molar-refractivity contribution in [2.24, 2.45) is 5.92 Å². The Kier molecular flexibility index (Phi) is 2.55. The Morgan fingerprint density at radius 3 is 2.93 bits per heavy atom. The number of fused-ring (bicyclic) bond motifs is 1. The van der Waals surface area contributed by atoms with Crippen LogP contribution in [-0.4, -0.2) is 12.6 Å². The van der Waals surface area contributed by atoms with Crippen LogP contribution in [0.5, 0.6) is 0 Å². The summed E-state index contributed by atoms with van der Waals surface area (Å²) in [6.07, 6.45) is 0. The lowest BCUT2D eigenvalue weighted by Crippen LogP contribution is -2.25. The Morgan fingerprint density at radius 1 is 1.36 bits per heavy atom. The van der Waals surface area contributed by atoms with E-state index in [1.54, 1.807) is 0 Å². The molecule has 2 N–H and O–H groups in total. The van der Waals surface area contributed by atoms with Crippen molar-refractivity contribution in [3.8, 4) is 0 Å². The monoisotopic (exact) mass is 210 g/mol. The topological polar surface area (TPSA) is 24.1 Å². The maximum absolute atomic E-state index is 6.11. The second-order valence-corrected chi connectivity index (χ2v) is 4.36. The molecule has 1 aromatic rings. The van der Waals surface area contributed by atoms with Gasteiger partial charge in [0.2, 0.25) is 0 Å². The van der Waals surface area contributed by atoms with Gasteiger partial charge in [-0.2, -0.15) is 0 Å². The first-order valence-corrected chi connectivity index (χ1v) is 5.35. The van der Waals surface area contributed by atoms with Gasteiger partial charge in [0.25, 0.3) is 0 Å². The minimum atomic E-state index is 0.474. The average molecular weight is 211 g/mol. The van der Waals surface area contributed by atoms with Crippen molar-refractivity contribution in [2.45, 2.75) is 19.9 Å². The van der Waals surface area contributed by atoms with Gasteiger partial charge in [0, 0.05) is 12.6 Å². The minimum absolute atomic E-state index is 0.474. The van der Waals surface area contributed by atoms with Crippen molar-refractivity contribution >= 4 is 23.0 Å². The molecule has 0 bridgehead atoms. The van der Waals surface area contributed by atoms with Gasteiger partial charge in [-0.05, 0) is 25.0 Å². The molecule has 2 rings (SSSR count). The third-order valence-corrected chi connectivity index (χ3v) is 3.17. The number of para-hydroxylation sites is 1. The highest BCUT2D eigenvalue weighted by Crippen LogP contribution is 2.33. The molecule has 0 fully saturated rings. The fraction of sp³-hybridized carbons (Fsp3) is 0.455. The average Bonchev–Trinajstić information content (AvgIpc) is 2.29. The lowest BCUT2D eigenvalue weighted by atomic mass is 10.0. The highest BCUT2D eigenvalue weighted by Gasteiger charge is 2.19. The van der Waals surface area contributed by atoms with Crippen molar-refractivity contribution in [2.75, 3.05) is 17.2 Å². The zero-order valence-electron chi connectivity index (χ0n) is 8.47. The number of halogens is 1. The fourth-order valence-electron chi connectivity index (χ4n) is 1.65.